The fourth-order valence-corrected chi connectivity index (χ4v) is 5.91. The second kappa shape index (κ2) is 6.29. The Labute approximate surface area is 162 Å². The molecule has 1 N–H and O–H groups in total. The van der Waals surface area contributed by atoms with E-state index < -0.39 is 5.60 Å². The molecule has 27 heavy (non-hydrogen) atoms. The van der Waals surface area contributed by atoms with Crippen LogP contribution in [0.3, 0.4) is 0 Å². The molecular weight excluding hydrogens is 338 g/mol. The lowest BCUT2D eigenvalue weighted by Crippen LogP contribution is -2.40. The van der Waals surface area contributed by atoms with Crippen molar-refractivity contribution >= 4 is 5.91 Å². The molecule has 1 amide bonds. The molecule has 3 aliphatic heterocycles. The van der Waals surface area contributed by atoms with Crippen LogP contribution in [0.25, 0.3) is 0 Å². The zero-order valence-electron chi connectivity index (χ0n) is 17.2. The Morgan fingerprint density at radius 1 is 1.04 bits per heavy atom. The van der Waals surface area contributed by atoms with Crippen molar-refractivity contribution in [2.45, 2.75) is 32.3 Å². The number of aliphatic hydroxyl groups is 1. The normalized spacial score (nSPS) is 31.4. The number of nitrogens with zero attached hydrogens (tertiary/aromatic N) is 3. The summed E-state index contributed by atoms with van der Waals surface area (Å²) >= 11 is 0. The first-order valence-electron chi connectivity index (χ1n) is 10.1. The van der Waals surface area contributed by atoms with Gasteiger partial charge in [-0.2, -0.15) is 0 Å². The van der Waals surface area contributed by atoms with Gasteiger partial charge in [0.2, 0.25) is 0 Å². The molecule has 5 heteroatoms. The van der Waals surface area contributed by atoms with Gasteiger partial charge < -0.3 is 19.8 Å². The van der Waals surface area contributed by atoms with Crippen molar-refractivity contribution in [3.63, 3.8) is 0 Å². The molecule has 0 atom stereocenters. The van der Waals surface area contributed by atoms with Crippen molar-refractivity contribution in [1.82, 2.24) is 14.7 Å². The van der Waals surface area contributed by atoms with Crippen molar-refractivity contribution in [1.29, 1.82) is 0 Å². The number of amides is 1. The SMILES string of the molecule is CN1CC23CN(C)CC2(C1)CN(C(=O)c1cccc(CCC(C)(C)O)c1)C3. The van der Waals surface area contributed by atoms with Crippen LogP contribution in [0.15, 0.2) is 24.3 Å². The minimum absolute atomic E-state index is 0.167. The molecule has 4 rings (SSSR count). The second-order valence-electron chi connectivity index (χ2n) is 10.1. The standard InChI is InChI=1S/C22H33N3O2/c1-20(2,27)9-8-17-6-5-7-18(10-17)19(26)25-15-21-11-23(3)12-22(21,16-25)14-24(4)13-21/h5-7,10,27H,8-9,11-16H2,1-4H3. The Balaban J connectivity index is 1.51. The number of likely N-dealkylation sites (tertiary alicyclic amines) is 3. The molecule has 0 radical (unpaired) electrons. The quantitative estimate of drug-likeness (QED) is 0.875. The van der Waals surface area contributed by atoms with E-state index in [2.05, 4.69) is 34.9 Å². The highest BCUT2D eigenvalue weighted by Crippen LogP contribution is 2.56. The fourth-order valence-electron chi connectivity index (χ4n) is 5.91. The Kier molecular flexibility index (Phi) is 4.41. The lowest BCUT2D eigenvalue weighted by Gasteiger charge is -2.28. The van der Waals surface area contributed by atoms with Crippen molar-refractivity contribution in [2.24, 2.45) is 10.8 Å². The van der Waals surface area contributed by atoms with Crippen LogP contribution in [0.1, 0.15) is 36.2 Å². The number of carbonyl (C=O) groups excluding carboxylic acids is 1. The first-order chi connectivity index (χ1) is 12.6. The summed E-state index contributed by atoms with van der Waals surface area (Å²) in [5.74, 6) is 0.167. The molecule has 5 nitrogen and oxygen atoms in total. The largest absolute Gasteiger partial charge is 0.390 e. The van der Waals surface area contributed by atoms with Gasteiger partial charge >= 0.3 is 0 Å². The summed E-state index contributed by atoms with van der Waals surface area (Å²) in [6, 6.07) is 7.99. The van der Waals surface area contributed by atoms with Crippen molar-refractivity contribution < 1.29 is 9.90 Å². The molecule has 0 aliphatic carbocycles. The molecule has 0 unspecified atom stereocenters. The van der Waals surface area contributed by atoms with Crippen LogP contribution in [-0.4, -0.2) is 84.7 Å². The van der Waals surface area contributed by atoms with Gasteiger partial charge in [-0.05, 0) is 58.5 Å². The van der Waals surface area contributed by atoms with E-state index in [1.807, 2.05) is 32.0 Å². The van der Waals surface area contributed by atoms with Crippen molar-refractivity contribution in [3.8, 4) is 0 Å². The van der Waals surface area contributed by atoms with E-state index in [1.54, 1.807) is 0 Å². The maximum Gasteiger partial charge on any atom is 0.253 e. The number of aryl methyl sites for hydroxylation is 1. The number of carbonyl (C=O) groups is 1. The van der Waals surface area contributed by atoms with Crippen LogP contribution < -0.4 is 0 Å². The predicted molar refractivity (Wildman–Crippen MR) is 107 cm³/mol. The summed E-state index contributed by atoms with van der Waals surface area (Å²) in [4.78, 5) is 20.3. The molecule has 0 bridgehead atoms. The Hall–Kier alpha value is -1.43. The van der Waals surface area contributed by atoms with Gasteiger partial charge in [0.05, 0.1) is 5.60 Å². The average Bonchev–Trinajstić information content (AvgIpc) is 3.07. The van der Waals surface area contributed by atoms with Gasteiger partial charge in [-0.15, -0.1) is 0 Å². The van der Waals surface area contributed by atoms with Crippen LogP contribution in [0.5, 0.6) is 0 Å². The molecule has 148 valence electrons. The second-order valence-corrected chi connectivity index (χ2v) is 10.1. The minimum Gasteiger partial charge on any atom is -0.390 e. The summed E-state index contributed by atoms with van der Waals surface area (Å²) in [7, 11) is 4.43. The van der Waals surface area contributed by atoms with E-state index in [4.69, 9.17) is 0 Å². The van der Waals surface area contributed by atoms with E-state index >= 15 is 0 Å². The fraction of sp³-hybridized carbons (Fsp3) is 0.682. The van der Waals surface area contributed by atoms with Gasteiger partial charge in [-0.3, -0.25) is 4.79 Å². The van der Waals surface area contributed by atoms with Crippen LogP contribution in [0.2, 0.25) is 0 Å². The maximum absolute atomic E-state index is 13.3. The summed E-state index contributed by atoms with van der Waals surface area (Å²) < 4.78 is 0. The van der Waals surface area contributed by atoms with E-state index in [0.29, 0.717) is 6.42 Å². The lowest BCUT2D eigenvalue weighted by atomic mass is 9.71. The predicted octanol–water partition coefficient (Wildman–Crippen LogP) is 1.71. The molecule has 0 saturated carbocycles. The smallest absolute Gasteiger partial charge is 0.253 e. The Morgan fingerprint density at radius 2 is 1.59 bits per heavy atom. The number of benzene rings is 1. The summed E-state index contributed by atoms with van der Waals surface area (Å²) in [5.41, 5.74) is 1.68. The Morgan fingerprint density at radius 3 is 2.11 bits per heavy atom. The molecule has 3 aliphatic rings. The van der Waals surface area contributed by atoms with E-state index in [9.17, 15) is 9.90 Å². The molecule has 3 fully saturated rings. The molecule has 1 aromatic rings. The van der Waals surface area contributed by atoms with Crippen LogP contribution in [-0.2, 0) is 6.42 Å². The van der Waals surface area contributed by atoms with Crippen LogP contribution in [0.4, 0.5) is 0 Å². The van der Waals surface area contributed by atoms with Crippen molar-refractivity contribution in [2.75, 3.05) is 53.4 Å². The zero-order chi connectivity index (χ0) is 19.4. The summed E-state index contributed by atoms with van der Waals surface area (Å²) in [6.45, 7) is 9.76. The number of hydrogen-bond acceptors (Lipinski definition) is 4. The first kappa shape index (κ1) is 18.9. The highest BCUT2D eigenvalue weighted by atomic mass is 16.3. The monoisotopic (exact) mass is 371 g/mol. The Bertz CT molecular complexity index is 701. The maximum atomic E-state index is 13.3. The van der Waals surface area contributed by atoms with Gasteiger partial charge in [-0.25, -0.2) is 0 Å². The van der Waals surface area contributed by atoms with Gasteiger partial charge in [0.15, 0.2) is 0 Å². The van der Waals surface area contributed by atoms with Crippen molar-refractivity contribution in [3.05, 3.63) is 35.4 Å². The molecule has 3 heterocycles. The highest BCUT2D eigenvalue weighted by molar-refractivity contribution is 5.94. The molecular formula is C22H33N3O2. The van der Waals surface area contributed by atoms with Gasteiger partial charge in [-0.1, -0.05) is 12.1 Å². The minimum atomic E-state index is -0.680. The molecule has 0 spiro atoms. The van der Waals surface area contributed by atoms with E-state index in [1.165, 1.54) is 0 Å². The third kappa shape index (κ3) is 3.30. The van der Waals surface area contributed by atoms with Gasteiger partial charge in [0, 0.05) is 55.7 Å². The van der Waals surface area contributed by atoms with Gasteiger partial charge in [0.1, 0.15) is 0 Å². The number of rotatable bonds is 4. The third-order valence-corrected chi connectivity index (χ3v) is 6.89. The van der Waals surface area contributed by atoms with E-state index in [0.717, 1.165) is 56.8 Å². The van der Waals surface area contributed by atoms with Crippen LogP contribution >= 0.6 is 0 Å². The molecule has 1 aromatic carbocycles. The average molecular weight is 372 g/mol. The zero-order valence-corrected chi connectivity index (χ0v) is 17.2. The summed E-state index contributed by atoms with van der Waals surface area (Å²) in [5, 5.41) is 9.97. The van der Waals surface area contributed by atoms with E-state index in [-0.39, 0.29) is 16.7 Å². The topological polar surface area (TPSA) is 47.0 Å². The molecule has 3 saturated heterocycles. The van der Waals surface area contributed by atoms with Gasteiger partial charge in [0.25, 0.3) is 5.91 Å². The third-order valence-electron chi connectivity index (χ3n) is 6.89. The van der Waals surface area contributed by atoms with Crippen LogP contribution in [0, 0.1) is 10.8 Å². The highest BCUT2D eigenvalue weighted by Gasteiger charge is 2.66. The number of hydrogen-bond donors (Lipinski definition) is 1. The molecule has 0 aromatic heterocycles. The lowest BCUT2D eigenvalue weighted by molar-refractivity contribution is 0.0714. The first-order valence-corrected chi connectivity index (χ1v) is 10.1. The summed E-state index contributed by atoms with van der Waals surface area (Å²) in [6.07, 6.45) is 1.48.